The van der Waals surface area contributed by atoms with Crippen molar-refractivity contribution in [1.82, 2.24) is 5.32 Å². The van der Waals surface area contributed by atoms with Gasteiger partial charge in [-0.15, -0.1) is 0 Å². The van der Waals surface area contributed by atoms with Gasteiger partial charge in [-0.05, 0) is 38.5 Å². The number of hydrogen-bond acceptors (Lipinski definition) is 2. The normalized spacial score (nSPS) is 25.8. The summed E-state index contributed by atoms with van der Waals surface area (Å²) in [6.45, 7) is 4.18. The Morgan fingerprint density at radius 1 is 1.47 bits per heavy atom. The first-order valence-corrected chi connectivity index (χ1v) is 7.18. The van der Waals surface area contributed by atoms with Crippen molar-refractivity contribution < 1.29 is 4.79 Å². The molecule has 1 aliphatic carbocycles. The molecule has 0 bridgehead atoms. The van der Waals surface area contributed by atoms with Crippen molar-refractivity contribution in [2.75, 3.05) is 0 Å². The first-order chi connectivity index (χ1) is 8.13. The van der Waals surface area contributed by atoms with E-state index in [1.54, 1.807) is 0 Å². The molecule has 0 aromatic heterocycles. The van der Waals surface area contributed by atoms with Gasteiger partial charge in [0.1, 0.15) is 0 Å². The van der Waals surface area contributed by atoms with Crippen molar-refractivity contribution in [1.29, 1.82) is 0 Å². The average Bonchev–Trinajstić information content (AvgIpc) is 2.71. The maximum atomic E-state index is 11.8. The lowest BCUT2D eigenvalue weighted by Crippen LogP contribution is -2.37. The molecule has 100 valence electrons. The summed E-state index contributed by atoms with van der Waals surface area (Å²) < 4.78 is 0. The fraction of sp³-hybridized carbons (Fsp3) is 0.929. The van der Waals surface area contributed by atoms with Gasteiger partial charge in [-0.25, -0.2) is 0 Å². The van der Waals surface area contributed by atoms with Crippen molar-refractivity contribution in [2.24, 2.45) is 11.7 Å². The summed E-state index contributed by atoms with van der Waals surface area (Å²) in [6.07, 6.45) is 8.91. The Bertz CT molecular complexity index is 228. The minimum Gasteiger partial charge on any atom is -0.353 e. The van der Waals surface area contributed by atoms with E-state index in [1.807, 2.05) is 6.92 Å². The molecule has 1 fully saturated rings. The van der Waals surface area contributed by atoms with E-state index >= 15 is 0 Å². The van der Waals surface area contributed by atoms with Crippen LogP contribution in [0.5, 0.6) is 0 Å². The van der Waals surface area contributed by atoms with E-state index in [2.05, 4.69) is 12.2 Å². The topological polar surface area (TPSA) is 55.1 Å². The maximum Gasteiger partial charge on any atom is 0.220 e. The third-order valence-electron chi connectivity index (χ3n) is 3.76. The van der Waals surface area contributed by atoms with Crippen molar-refractivity contribution in [3.8, 4) is 0 Å². The van der Waals surface area contributed by atoms with Gasteiger partial charge in [0, 0.05) is 18.5 Å². The SMILES string of the molecule is CCCCC1CCCC1NC(=O)CCC(C)N. The summed E-state index contributed by atoms with van der Waals surface area (Å²) in [6, 6.07) is 0.558. The van der Waals surface area contributed by atoms with Crippen LogP contribution in [0.15, 0.2) is 0 Å². The maximum absolute atomic E-state index is 11.8. The highest BCUT2D eigenvalue weighted by Gasteiger charge is 2.27. The summed E-state index contributed by atoms with van der Waals surface area (Å²) in [5, 5.41) is 3.20. The van der Waals surface area contributed by atoms with Gasteiger partial charge in [-0.1, -0.05) is 26.2 Å². The molecule has 0 aromatic carbocycles. The second-order valence-electron chi connectivity index (χ2n) is 5.52. The lowest BCUT2D eigenvalue weighted by Gasteiger charge is -2.21. The molecule has 3 nitrogen and oxygen atoms in total. The van der Waals surface area contributed by atoms with Crippen molar-refractivity contribution in [2.45, 2.75) is 77.3 Å². The molecule has 1 saturated carbocycles. The zero-order chi connectivity index (χ0) is 12.7. The molecule has 3 unspecified atom stereocenters. The van der Waals surface area contributed by atoms with Gasteiger partial charge in [-0.2, -0.15) is 0 Å². The Kier molecular flexibility index (Phi) is 6.56. The predicted octanol–water partition coefficient (Wildman–Crippen LogP) is 2.59. The Morgan fingerprint density at radius 3 is 2.88 bits per heavy atom. The van der Waals surface area contributed by atoms with Crippen LogP contribution in [0.1, 0.15) is 65.2 Å². The van der Waals surface area contributed by atoms with Gasteiger partial charge < -0.3 is 11.1 Å². The highest BCUT2D eigenvalue weighted by atomic mass is 16.1. The molecule has 0 aromatic rings. The Hall–Kier alpha value is -0.570. The van der Waals surface area contributed by atoms with Crippen LogP contribution in [-0.4, -0.2) is 18.0 Å². The van der Waals surface area contributed by atoms with E-state index in [9.17, 15) is 4.79 Å². The molecule has 3 heteroatoms. The number of nitrogens with one attached hydrogen (secondary N) is 1. The summed E-state index contributed by atoms with van der Waals surface area (Å²) in [7, 11) is 0. The first-order valence-electron chi connectivity index (χ1n) is 7.18. The second kappa shape index (κ2) is 7.70. The van der Waals surface area contributed by atoms with Gasteiger partial charge in [0.2, 0.25) is 5.91 Å². The monoisotopic (exact) mass is 240 g/mol. The highest BCUT2D eigenvalue weighted by Crippen LogP contribution is 2.29. The average molecular weight is 240 g/mol. The van der Waals surface area contributed by atoms with Crippen LogP contribution in [-0.2, 0) is 4.79 Å². The summed E-state index contributed by atoms with van der Waals surface area (Å²) >= 11 is 0. The molecular weight excluding hydrogens is 212 g/mol. The number of rotatable bonds is 7. The number of amides is 1. The van der Waals surface area contributed by atoms with E-state index in [0.29, 0.717) is 18.4 Å². The number of unbranched alkanes of at least 4 members (excludes halogenated alkanes) is 1. The lowest BCUT2D eigenvalue weighted by atomic mass is 9.96. The summed E-state index contributed by atoms with van der Waals surface area (Å²) in [5.41, 5.74) is 5.66. The molecule has 1 rings (SSSR count). The highest BCUT2D eigenvalue weighted by molar-refractivity contribution is 5.76. The third-order valence-corrected chi connectivity index (χ3v) is 3.76. The standard InChI is InChI=1S/C14H28N2O/c1-3-4-6-12-7-5-8-13(12)16-14(17)10-9-11(2)15/h11-13H,3-10,15H2,1-2H3,(H,16,17). The molecule has 1 aliphatic rings. The van der Waals surface area contributed by atoms with Crippen molar-refractivity contribution in [3.05, 3.63) is 0 Å². The van der Waals surface area contributed by atoms with Crippen LogP contribution < -0.4 is 11.1 Å². The van der Waals surface area contributed by atoms with Gasteiger partial charge >= 0.3 is 0 Å². The molecule has 0 spiro atoms. The Morgan fingerprint density at radius 2 is 2.24 bits per heavy atom. The number of hydrogen-bond donors (Lipinski definition) is 2. The van der Waals surface area contributed by atoms with Crippen LogP contribution in [0.3, 0.4) is 0 Å². The molecule has 0 heterocycles. The van der Waals surface area contributed by atoms with Gasteiger partial charge in [0.05, 0.1) is 0 Å². The van der Waals surface area contributed by atoms with E-state index in [4.69, 9.17) is 5.73 Å². The van der Waals surface area contributed by atoms with Gasteiger partial charge in [0.15, 0.2) is 0 Å². The zero-order valence-corrected chi connectivity index (χ0v) is 11.4. The van der Waals surface area contributed by atoms with Gasteiger partial charge in [-0.3, -0.25) is 4.79 Å². The molecule has 3 atom stereocenters. The second-order valence-corrected chi connectivity index (χ2v) is 5.52. The van der Waals surface area contributed by atoms with Crippen LogP contribution in [0.25, 0.3) is 0 Å². The largest absolute Gasteiger partial charge is 0.353 e. The molecule has 0 saturated heterocycles. The number of carbonyl (C=O) groups is 1. The third kappa shape index (κ3) is 5.53. The summed E-state index contributed by atoms with van der Waals surface area (Å²) in [4.78, 5) is 11.8. The smallest absolute Gasteiger partial charge is 0.220 e. The van der Waals surface area contributed by atoms with E-state index in [0.717, 1.165) is 12.8 Å². The Labute approximate surface area is 106 Å². The minimum absolute atomic E-state index is 0.125. The fourth-order valence-corrected chi connectivity index (χ4v) is 2.68. The van der Waals surface area contributed by atoms with E-state index < -0.39 is 0 Å². The summed E-state index contributed by atoms with van der Waals surface area (Å²) in [5.74, 6) is 0.907. The minimum atomic E-state index is 0.125. The van der Waals surface area contributed by atoms with Crippen LogP contribution in [0, 0.1) is 5.92 Å². The molecular formula is C14H28N2O. The Balaban J connectivity index is 2.26. The van der Waals surface area contributed by atoms with Crippen LogP contribution in [0.2, 0.25) is 0 Å². The lowest BCUT2D eigenvalue weighted by molar-refractivity contribution is -0.122. The molecule has 3 N–H and O–H groups in total. The number of nitrogens with two attached hydrogens (primary N) is 1. The molecule has 0 radical (unpaired) electrons. The first kappa shape index (κ1) is 14.5. The fourth-order valence-electron chi connectivity index (χ4n) is 2.68. The molecule has 17 heavy (non-hydrogen) atoms. The predicted molar refractivity (Wildman–Crippen MR) is 71.7 cm³/mol. The quantitative estimate of drug-likeness (QED) is 0.718. The van der Waals surface area contributed by atoms with E-state index in [1.165, 1.54) is 32.1 Å². The van der Waals surface area contributed by atoms with Crippen LogP contribution in [0.4, 0.5) is 0 Å². The van der Waals surface area contributed by atoms with Gasteiger partial charge in [0.25, 0.3) is 0 Å². The van der Waals surface area contributed by atoms with Crippen molar-refractivity contribution in [3.63, 3.8) is 0 Å². The van der Waals surface area contributed by atoms with Crippen molar-refractivity contribution >= 4 is 5.91 Å². The zero-order valence-electron chi connectivity index (χ0n) is 11.4. The van der Waals surface area contributed by atoms with Crippen LogP contribution >= 0.6 is 0 Å². The molecule has 0 aliphatic heterocycles. The van der Waals surface area contributed by atoms with E-state index in [-0.39, 0.29) is 11.9 Å². The molecule has 1 amide bonds. The number of carbonyl (C=O) groups excluding carboxylic acids is 1.